The van der Waals surface area contributed by atoms with Gasteiger partial charge in [0.2, 0.25) is 0 Å². The number of rotatable bonds is 3. The Balaban J connectivity index is 2.01. The molecule has 0 aliphatic rings. The van der Waals surface area contributed by atoms with E-state index >= 15 is 0 Å². The minimum atomic E-state index is -0.543. The van der Waals surface area contributed by atoms with E-state index in [-0.39, 0.29) is 12.1 Å². The molecular weight excluding hydrogens is 223 g/mol. The van der Waals surface area contributed by atoms with E-state index in [4.69, 9.17) is 4.52 Å². The molecule has 1 amide bonds. The summed E-state index contributed by atoms with van der Waals surface area (Å²) in [4.78, 5) is 11.6. The number of carbonyl (C=O) groups is 1. The van der Waals surface area contributed by atoms with Gasteiger partial charge in [-0.2, -0.15) is 0 Å². The summed E-state index contributed by atoms with van der Waals surface area (Å²) in [7, 11) is 0. The van der Waals surface area contributed by atoms with E-state index in [0.29, 0.717) is 5.76 Å². The number of hydrogen-bond donors (Lipinski definition) is 1. The molecule has 0 spiro atoms. The van der Waals surface area contributed by atoms with E-state index < -0.39 is 11.7 Å². The normalized spacial score (nSPS) is 10.2. The Morgan fingerprint density at radius 3 is 2.88 bits per heavy atom. The predicted molar refractivity (Wildman–Crippen MR) is 58.8 cm³/mol. The number of amides is 1. The first-order chi connectivity index (χ1) is 8.16. The molecule has 0 aliphatic heterocycles. The molecule has 17 heavy (non-hydrogen) atoms. The molecule has 1 aromatic heterocycles. The fourth-order valence-corrected chi connectivity index (χ4v) is 1.41. The lowest BCUT2D eigenvalue weighted by molar-refractivity contribution is 0.0943. The Morgan fingerprint density at radius 2 is 2.24 bits per heavy atom. The molecule has 0 unspecified atom stereocenters. The summed E-state index contributed by atoms with van der Waals surface area (Å²) in [6.45, 7) is 1.97. The second kappa shape index (κ2) is 4.78. The Hall–Kier alpha value is -2.17. The number of hydrogen-bond acceptors (Lipinski definition) is 3. The van der Waals surface area contributed by atoms with Gasteiger partial charge in [0.25, 0.3) is 5.91 Å². The van der Waals surface area contributed by atoms with Crippen LogP contribution in [0.1, 0.15) is 21.8 Å². The van der Waals surface area contributed by atoms with Crippen molar-refractivity contribution in [1.82, 2.24) is 10.5 Å². The van der Waals surface area contributed by atoms with E-state index in [9.17, 15) is 9.18 Å². The maximum atomic E-state index is 13.3. The second-order valence-electron chi connectivity index (χ2n) is 3.60. The first-order valence-electron chi connectivity index (χ1n) is 5.12. The summed E-state index contributed by atoms with van der Waals surface area (Å²) in [5.74, 6) is -0.483. The van der Waals surface area contributed by atoms with Crippen LogP contribution in [0.4, 0.5) is 4.39 Å². The van der Waals surface area contributed by atoms with E-state index in [1.165, 1.54) is 18.2 Å². The van der Waals surface area contributed by atoms with Crippen molar-refractivity contribution in [3.63, 3.8) is 0 Å². The van der Waals surface area contributed by atoms with Gasteiger partial charge in [-0.3, -0.25) is 4.79 Å². The maximum Gasteiger partial charge on any atom is 0.254 e. The monoisotopic (exact) mass is 234 g/mol. The third kappa shape index (κ3) is 2.69. The highest BCUT2D eigenvalue weighted by Crippen LogP contribution is 2.07. The van der Waals surface area contributed by atoms with Gasteiger partial charge in [0.05, 0.1) is 17.8 Å². The van der Waals surface area contributed by atoms with E-state index in [2.05, 4.69) is 10.5 Å². The van der Waals surface area contributed by atoms with E-state index in [0.717, 1.165) is 5.69 Å². The lowest BCUT2D eigenvalue weighted by Gasteiger charge is -2.03. The number of nitrogens with zero attached hydrogens (tertiary/aromatic N) is 1. The highest BCUT2D eigenvalue weighted by atomic mass is 19.1. The van der Waals surface area contributed by atoms with Crippen LogP contribution in [0.25, 0.3) is 0 Å². The number of halogens is 1. The zero-order valence-corrected chi connectivity index (χ0v) is 9.24. The van der Waals surface area contributed by atoms with Crippen molar-refractivity contribution in [3.05, 3.63) is 53.2 Å². The molecule has 2 rings (SSSR count). The summed E-state index contributed by atoms with van der Waals surface area (Å²) in [6, 6.07) is 7.52. The summed E-state index contributed by atoms with van der Waals surface area (Å²) < 4.78 is 18.2. The average molecular weight is 234 g/mol. The molecule has 4 nitrogen and oxygen atoms in total. The summed E-state index contributed by atoms with van der Waals surface area (Å²) >= 11 is 0. The molecule has 0 radical (unpaired) electrons. The minimum Gasteiger partial charge on any atom is -0.359 e. The second-order valence-corrected chi connectivity index (χ2v) is 3.60. The number of aryl methyl sites for hydroxylation is 1. The van der Waals surface area contributed by atoms with Gasteiger partial charge in [0.1, 0.15) is 5.82 Å². The first kappa shape index (κ1) is 11.3. The van der Waals surface area contributed by atoms with Gasteiger partial charge in [0.15, 0.2) is 5.76 Å². The van der Waals surface area contributed by atoms with Crippen LogP contribution in [-0.2, 0) is 6.54 Å². The third-order valence-electron chi connectivity index (χ3n) is 2.22. The van der Waals surface area contributed by atoms with Gasteiger partial charge < -0.3 is 9.84 Å². The van der Waals surface area contributed by atoms with Crippen molar-refractivity contribution in [2.24, 2.45) is 0 Å². The Bertz CT molecular complexity index is 537. The average Bonchev–Trinajstić information content (AvgIpc) is 2.73. The lowest BCUT2D eigenvalue weighted by atomic mass is 10.2. The van der Waals surface area contributed by atoms with Crippen molar-refractivity contribution in [2.45, 2.75) is 13.5 Å². The lowest BCUT2D eigenvalue weighted by Crippen LogP contribution is -2.23. The quantitative estimate of drug-likeness (QED) is 0.884. The van der Waals surface area contributed by atoms with Crippen molar-refractivity contribution >= 4 is 5.91 Å². The molecule has 5 heteroatoms. The smallest absolute Gasteiger partial charge is 0.254 e. The standard InChI is InChI=1S/C12H11FN2O2/c1-8-6-9(17-15-8)7-14-12(16)10-4-2-3-5-11(10)13/h2-6H,7H2,1H3,(H,14,16). The van der Waals surface area contributed by atoms with Crippen LogP contribution in [0, 0.1) is 12.7 Å². The molecule has 88 valence electrons. The number of carbonyl (C=O) groups excluding carboxylic acids is 1. The fourth-order valence-electron chi connectivity index (χ4n) is 1.41. The van der Waals surface area contributed by atoms with Gasteiger partial charge >= 0.3 is 0 Å². The van der Waals surface area contributed by atoms with Crippen molar-refractivity contribution in [3.8, 4) is 0 Å². The van der Waals surface area contributed by atoms with E-state index in [1.807, 2.05) is 0 Å². The van der Waals surface area contributed by atoms with Gasteiger partial charge in [-0.15, -0.1) is 0 Å². The molecular formula is C12H11FN2O2. The zero-order chi connectivity index (χ0) is 12.3. The number of aromatic nitrogens is 1. The summed E-state index contributed by atoms with van der Waals surface area (Å²) in [6.07, 6.45) is 0. The molecule has 1 aromatic carbocycles. The van der Waals surface area contributed by atoms with Crippen LogP contribution in [0.5, 0.6) is 0 Å². The Labute approximate surface area is 97.4 Å². The number of nitrogens with one attached hydrogen (secondary N) is 1. The highest BCUT2D eigenvalue weighted by molar-refractivity contribution is 5.94. The highest BCUT2D eigenvalue weighted by Gasteiger charge is 2.11. The molecule has 0 atom stereocenters. The molecule has 2 aromatic rings. The van der Waals surface area contributed by atoms with Crippen molar-refractivity contribution in [2.75, 3.05) is 0 Å². The molecule has 0 saturated carbocycles. The maximum absolute atomic E-state index is 13.3. The van der Waals surface area contributed by atoms with E-state index in [1.54, 1.807) is 19.1 Å². The van der Waals surface area contributed by atoms with Crippen LogP contribution < -0.4 is 5.32 Å². The summed E-state index contributed by atoms with van der Waals surface area (Å²) in [5.41, 5.74) is 0.754. The van der Waals surface area contributed by atoms with Crippen molar-refractivity contribution < 1.29 is 13.7 Å². The number of benzene rings is 1. The van der Waals surface area contributed by atoms with Gasteiger partial charge in [0, 0.05) is 6.07 Å². The Kier molecular flexibility index (Phi) is 3.18. The predicted octanol–water partition coefficient (Wildman–Crippen LogP) is 2.05. The van der Waals surface area contributed by atoms with Crippen LogP contribution in [0.3, 0.4) is 0 Å². The van der Waals surface area contributed by atoms with Gasteiger partial charge in [-0.25, -0.2) is 4.39 Å². The molecule has 1 N–H and O–H groups in total. The van der Waals surface area contributed by atoms with Gasteiger partial charge in [-0.05, 0) is 19.1 Å². The molecule has 0 saturated heterocycles. The molecule has 0 bridgehead atoms. The SMILES string of the molecule is Cc1cc(CNC(=O)c2ccccc2F)on1. The van der Waals surface area contributed by atoms with Crippen LogP contribution in [0.15, 0.2) is 34.9 Å². The first-order valence-corrected chi connectivity index (χ1v) is 5.12. The largest absolute Gasteiger partial charge is 0.359 e. The van der Waals surface area contributed by atoms with Crippen molar-refractivity contribution in [1.29, 1.82) is 0 Å². The zero-order valence-electron chi connectivity index (χ0n) is 9.24. The molecule has 0 aliphatic carbocycles. The fraction of sp³-hybridized carbons (Fsp3) is 0.167. The summed E-state index contributed by atoms with van der Waals surface area (Å²) in [5, 5.41) is 6.24. The topological polar surface area (TPSA) is 55.1 Å². The van der Waals surface area contributed by atoms with Crippen LogP contribution in [0.2, 0.25) is 0 Å². The Morgan fingerprint density at radius 1 is 1.47 bits per heavy atom. The third-order valence-corrected chi connectivity index (χ3v) is 2.22. The molecule has 1 heterocycles. The molecule has 0 fully saturated rings. The van der Waals surface area contributed by atoms with Gasteiger partial charge in [-0.1, -0.05) is 17.3 Å². The minimum absolute atomic E-state index is 0.0173. The van der Waals surface area contributed by atoms with Crippen LogP contribution >= 0.6 is 0 Å². The van der Waals surface area contributed by atoms with Crippen LogP contribution in [-0.4, -0.2) is 11.1 Å².